The van der Waals surface area contributed by atoms with Gasteiger partial charge < -0.3 is 14.8 Å². The van der Waals surface area contributed by atoms with Crippen molar-refractivity contribution in [2.45, 2.75) is 18.4 Å². The molecule has 1 amide bonds. The molecule has 3 aromatic rings. The van der Waals surface area contributed by atoms with Crippen LogP contribution in [0.2, 0.25) is 0 Å². The molecule has 0 aliphatic carbocycles. The van der Waals surface area contributed by atoms with Gasteiger partial charge in [-0.3, -0.25) is 19.7 Å². The number of carbonyl (C=O) groups is 3. The van der Waals surface area contributed by atoms with Crippen molar-refractivity contribution >= 4 is 34.3 Å². The third-order valence-corrected chi connectivity index (χ3v) is 5.30. The molecule has 0 aliphatic rings. The van der Waals surface area contributed by atoms with Gasteiger partial charge in [0, 0.05) is 23.6 Å². The monoisotopic (exact) mass is 450 g/mol. The molecule has 3 rings (SSSR count). The third kappa shape index (κ3) is 5.51. The summed E-state index contributed by atoms with van der Waals surface area (Å²) in [6.07, 6.45) is -0.258. The summed E-state index contributed by atoms with van der Waals surface area (Å²) in [7, 11) is 2.37. The van der Waals surface area contributed by atoms with E-state index in [2.05, 4.69) is 5.32 Å². The van der Waals surface area contributed by atoms with Crippen LogP contribution in [0.3, 0.4) is 0 Å². The number of esters is 2. The van der Waals surface area contributed by atoms with E-state index in [0.29, 0.717) is 11.1 Å². The molecule has 0 aliphatic heterocycles. The zero-order valence-corrected chi connectivity index (χ0v) is 18.0. The molecule has 9 heteroatoms. The predicted octanol–water partition coefficient (Wildman–Crippen LogP) is 3.37. The van der Waals surface area contributed by atoms with Crippen LogP contribution >= 0.6 is 0 Å². The first-order chi connectivity index (χ1) is 15.8. The summed E-state index contributed by atoms with van der Waals surface area (Å²) < 4.78 is 9.64. The van der Waals surface area contributed by atoms with E-state index in [4.69, 9.17) is 9.47 Å². The molecule has 170 valence electrons. The number of fused-ring (bicyclic) bond motifs is 1. The van der Waals surface area contributed by atoms with E-state index in [1.807, 2.05) is 24.3 Å². The van der Waals surface area contributed by atoms with Gasteiger partial charge in [0.05, 0.1) is 25.6 Å². The first kappa shape index (κ1) is 23.4. The molecule has 1 N–H and O–H groups in total. The molecule has 0 bridgehead atoms. The minimum atomic E-state index is -1.24. The normalized spacial score (nSPS) is 12.4. The van der Waals surface area contributed by atoms with Crippen LogP contribution in [0.1, 0.15) is 28.3 Å². The Morgan fingerprint density at radius 2 is 1.61 bits per heavy atom. The largest absolute Gasteiger partial charge is 0.469 e. The SMILES string of the molecule is COC(=O)C[C@H](c1ccc([N+](=O)[O-])cc1)[C@@H](NC(=O)c1ccc2ccccc2c1)C(=O)OC. The Bertz CT molecular complexity index is 1190. The number of hydrogen-bond acceptors (Lipinski definition) is 7. The Labute approximate surface area is 189 Å². The number of nitro benzene ring substituents is 1. The van der Waals surface area contributed by atoms with Gasteiger partial charge in [0.25, 0.3) is 11.6 Å². The van der Waals surface area contributed by atoms with Crippen molar-refractivity contribution in [3.05, 3.63) is 88.0 Å². The molecule has 0 saturated heterocycles. The highest BCUT2D eigenvalue weighted by Crippen LogP contribution is 2.28. The maximum Gasteiger partial charge on any atom is 0.329 e. The lowest BCUT2D eigenvalue weighted by atomic mass is 9.88. The second-order valence-corrected chi connectivity index (χ2v) is 7.27. The molecule has 0 fully saturated rings. The van der Waals surface area contributed by atoms with Gasteiger partial charge in [-0.15, -0.1) is 0 Å². The Kier molecular flexibility index (Phi) is 7.34. The summed E-state index contributed by atoms with van der Waals surface area (Å²) in [5, 5.41) is 15.4. The molecule has 0 radical (unpaired) electrons. The van der Waals surface area contributed by atoms with E-state index >= 15 is 0 Å². The first-order valence-corrected chi connectivity index (χ1v) is 10.0. The lowest BCUT2D eigenvalue weighted by Crippen LogP contribution is -2.46. The molecule has 9 nitrogen and oxygen atoms in total. The standard InChI is InChI=1S/C24H22N2O7/c1-32-21(27)14-20(16-9-11-19(12-10-16)26(30)31)22(24(29)33-2)25-23(28)18-8-7-15-5-3-4-6-17(15)13-18/h3-13,20,22H,14H2,1-2H3,(H,25,28)/t20-,22-/m1/s1. The van der Waals surface area contributed by atoms with Crippen LogP contribution in [0.25, 0.3) is 10.8 Å². The second-order valence-electron chi connectivity index (χ2n) is 7.27. The summed E-state index contributed by atoms with van der Waals surface area (Å²) in [6, 6.07) is 16.8. The van der Waals surface area contributed by atoms with Crippen LogP contribution in [0.15, 0.2) is 66.7 Å². The summed E-state index contributed by atoms with van der Waals surface area (Å²) in [5.41, 5.74) is 0.605. The number of carbonyl (C=O) groups excluding carboxylic acids is 3. The predicted molar refractivity (Wildman–Crippen MR) is 120 cm³/mol. The van der Waals surface area contributed by atoms with Crippen LogP contribution in [0.5, 0.6) is 0 Å². The van der Waals surface area contributed by atoms with Crippen molar-refractivity contribution in [3.8, 4) is 0 Å². The highest BCUT2D eigenvalue weighted by molar-refractivity contribution is 6.00. The highest BCUT2D eigenvalue weighted by atomic mass is 16.6. The molecule has 0 aromatic heterocycles. The Hall–Kier alpha value is -4.27. The number of amides is 1. The lowest BCUT2D eigenvalue weighted by molar-refractivity contribution is -0.384. The van der Waals surface area contributed by atoms with Crippen LogP contribution in [-0.4, -0.2) is 43.0 Å². The molecule has 3 aromatic carbocycles. The van der Waals surface area contributed by atoms with E-state index in [1.54, 1.807) is 18.2 Å². The lowest BCUT2D eigenvalue weighted by Gasteiger charge is -2.26. The van der Waals surface area contributed by atoms with Gasteiger partial charge in [0.15, 0.2) is 0 Å². The smallest absolute Gasteiger partial charge is 0.329 e. The van der Waals surface area contributed by atoms with E-state index < -0.39 is 34.7 Å². The van der Waals surface area contributed by atoms with Gasteiger partial charge in [-0.05, 0) is 28.5 Å². The minimum absolute atomic E-state index is 0.148. The van der Waals surface area contributed by atoms with Gasteiger partial charge in [-0.1, -0.05) is 42.5 Å². The summed E-state index contributed by atoms with van der Waals surface area (Å²) >= 11 is 0. The quantitative estimate of drug-likeness (QED) is 0.317. The van der Waals surface area contributed by atoms with Gasteiger partial charge in [-0.2, -0.15) is 0 Å². The van der Waals surface area contributed by atoms with Gasteiger partial charge in [0.1, 0.15) is 6.04 Å². The van der Waals surface area contributed by atoms with Gasteiger partial charge >= 0.3 is 11.9 Å². The Morgan fingerprint density at radius 3 is 2.21 bits per heavy atom. The number of non-ortho nitro benzene ring substituents is 1. The number of rotatable bonds is 8. The van der Waals surface area contributed by atoms with Crippen molar-refractivity contribution in [1.82, 2.24) is 5.32 Å². The van der Waals surface area contributed by atoms with Gasteiger partial charge in [-0.25, -0.2) is 4.79 Å². The highest BCUT2D eigenvalue weighted by Gasteiger charge is 2.34. The number of ether oxygens (including phenoxy) is 2. The van der Waals surface area contributed by atoms with Crippen LogP contribution in [0, 0.1) is 10.1 Å². The van der Waals surface area contributed by atoms with Crippen molar-refractivity contribution in [2.75, 3.05) is 14.2 Å². The van der Waals surface area contributed by atoms with E-state index in [1.165, 1.54) is 38.5 Å². The number of nitrogens with zero attached hydrogens (tertiary/aromatic N) is 1. The summed E-state index contributed by atoms with van der Waals surface area (Å²) in [5.74, 6) is -2.80. The number of nitro groups is 1. The zero-order chi connectivity index (χ0) is 24.0. The Morgan fingerprint density at radius 1 is 0.939 bits per heavy atom. The number of hydrogen-bond donors (Lipinski definition) is 1. The number of methoxy groups -OCH3 is 2. The van der Waals surface area contributed by atoms with Crippen LogP contribution in [-0.2, 0) is 19.1 Å². The minimum Gasteiger partial charge on any atom is -0.469 e. The summed E-state index contributed by atoms with van der Waals surface area (Å²) in [6.45, 7) is 0. The second kappa shape index (κ2) is 10.4. The molecule has 0 spiro atoms. The molecule has 0 saturated carbocycles. The molecule has 2 atom stereocenters. The Balaban J connectivity index is 1.96. The summed E-state index contributed by atoms with van der Waals surface area (Å²) in [4.78, 5) is 48.2. The maximum atomic E-state index is 13.0. The fourth-order valence-electron chi connectivity index (χ4n) is 3.54. The molecule has 33 heavy (non-hydrogen) atoms. The van der Waals surface area contributed by atoms with E-state index in [-0.39, 0.29) is 12.1 Å². The molecule has 0 heterocycles. The molecular formula is C24H22N2O7. The number of nitrogens with one attached hydrogen (secondary N) is 1. The topological polar surface area (TPSA) is 125 Å². The fourth-order valence-corrected chi connectivity index (χ4v) is 3.54. The average molecular weight is 450 g/mol. The van der Waals surface area contributed by atoms with Gasteiger partial charge in [0.2, 0.25) is 0 Å². The van der Waals surface area contributed by atoms with Crippen molar-refractivity contribution < 1.29 is 28.8 Å². The van der Waals surface area contributed by atoms with Crippen LogP contribution in [0.4, 0.5) is 5.69 Å². The average Bonchev–Trinajstić information content (AvgIpc) is 2.85. The first-order valence-electron chi connectivity index (χ1n) is 10.0. The fraction of sp³-hybridized carbons (Fsp3) is 0.208. The van der Waals surface area contributed by atoms with Crippen molar-refractivity contribution in [3.63, 3.8) is 0 Å². The van der Waals surface area contributed by atoms with Crippen LogP contribution < -0.4 is 5.32 Å². The van der Waals surface area contributed by atoms with Crippen molar-refractivity contribution in [1.29, 1.82) is 0 Å². The molecule has 0 unspecified atom stereocenters. The third-order valence-electron chi connectivity index (χ3n) is 5.30. The van der Waals surface area contributed by atoms with Crippen molar-refractivity contribution in [2.24, 2.45) is 0 Å². The maximum absolute atomic E-state index is 13.0. The van der Waals surface area contributed by atoms with E-state index in [0.717, 1.165) is 10.8 Å². The molecular weight excluding hydrogens is 428 g/mol. The zero-order valence-electron chi connectivity index (χ0n) is 18.0. The number of benzene rings is 3. The van der Waals surface area contributed by atoms with E-state index in [9.17, 15) is 24.5 Å².